The van der Waals surface area contributed by atoms with Gasteiger partial charge in [-0.15, -0.1) is 0 Å². The highest BCUT2D eigenvalue weighted by Gasteiger charge is 2.19. The van der Waals surface area contributed by atoms with Crippen molar-refractivity contribution in [3.63, 3.8) is 0 Å². The van der Waals surface area contributed by atoms with Crippen molar-refractivity contribution >= 4 is 35.4 Å². The number of furan rings is 1. The number of anilines is 4. The number of hydrazone groups is 1. The maximum absolute atomic E-state index is 13.2. The van der Waals surface area contributed by atoms with Gasteiger partial charge in [-0.25, -0.2) is 9.82 Å². The highest BCUT2D eigenvalue weighted by atomic mass is 19.1. The van der Waals surface area contributed by atoms with E-state index < -0.39 is 4.92 Å². The maximum atomic E-state index is 13.2. The average Bonchev–Trinajstić information content (AvgIpc) is 3.30. The molecule has 0 aliphatic carbocycles. The average molecular weight is 490 g/mol. The Morgan fingerprint density at radius 3 is 2.42 bits per heavy atom. The number of nitrogens with one attached hydrogen (secondary N) is 2. The van der Waals surface area contributed by atoms with Crippen LogP contribution in [0.4, 0.5) is 33.6 Å². The van der Waals surface area contributed by atoms with Gasteiger partial charge in [-0.05, 0) is 67.4 Å². The van der Waals surface area contributed by atoms with Gasteiger partial charge in [-0.3, -0.25) is 10.1 Å². The molecule has 12 heteroatoms. The first-order chi connectivity index (χ1) is 17.2. The zero-order valence-corrected chi connectivity index (χ0v) is 20.0. The molecular weight excluding hydrogens is 467 g/mol. The van der Waals surface area contributed by atoms with Crippen LogP contribution >= 0.6 is 0 Å². The van der Waals surface area contributed by atoms with Gasteiger partial charge in [0.25, 0.3) is 5.69 Å². The molecule has 0 fully saturated rings. The van der Waals surface area contributed by atoms with Crippen LogP contribution in [0, 0.1) is 29.8 Å². The molecule has 2 N–H and O–H groups in total. The largest absolute Gasteiger partial charge is 0.455 e. The summed E-state index contributed by atoms with van der Waals surface area (Å²) in [5.74, 6) is 1.14. The Morgan fingerprint density at radius 1 is 1.03 bits per heavy atom. The third-order valence-corrected chi connectivity index (χ3v) is 5.18. The molecule has 4 aromatic rings. The lowest BCUT2D eigenvalue weighted by Crippen LogP contribution is -2.15. The van der Waals surface area contributed by atoms with Crippen molar-refractivity contribution in [1.82, 2.24) is 15.0 Å². The first kappa shape index (κ1) is 24.3. The zero-order chi connectivity index (χ0) is 25.8. The summed E-state index contributed by atoms with van der Waals surface area (Å²) in [5, 5.41) is 18.6. The second-order valence-corrected chi connectivity index (χ2v) is 8.09. The number of nitrogens with zero attached hydrogens (tertiary/aromatic N) is 6. The van der Waals surface area contributed by atoms with Gasteiger partial charge in [0.2, 0.25) is 17.8 Å². The van der Waals surface area contributed by atoms with Crippen molar-refractivity contribution in [3.05, 3.63) is 81.3 Å². The molecule has 0 bridgehead atoms. The summed E-state index contributed by atoms with van der Waals surface area (Å²) >= 11 is 0. The minimum atomic E-state index is -0.430. The number of aromatic nitrogens is 3. The van der Waals surface area contributed by atoms with Gasteiger partial charge in [-0.1, -0.05) is 0 Å². The molecule has 0 amide bonds. The second kappa shape index (κ2) is 10.2. The first-order valence-corrected chi connectivity index (χ1v) is 10.8. The number of hydrogen-bond donors (Lipinski definition) is 2. The standard InChI is InChI=1S/C24H23FN8O3/c1-14-11-19(20(33(34)35)12-15(14)2)21-10-9-18(36-21)13-26-31-23-28-22(29-24(30-23)32(3)4)27-17-7-5-16(25)6-8-17/h5-13H,1-4H3,(H2,27,28,29,30,31)/b26-13-. The summed E-state index contributed by atoms with van der Waals surface area (Å²) in [7, 11) is 3.56. The van der Waals surface area contributed by atoms with E-state index in [4.69, 9.17) is 4.42 Å². The number of nitro groups is 1. The second-order valence-electron chi connectivity index (χ2n) is 8.09. The van der Waals surface area contributed by atoms with Crippen molar-refractivity contribution in [2.24, 2.45) is 5.10 Å². The van der Waals surface area contributed by atoms with Crippen molar-refractivity contribution in [2.75, 3.05) is 29.7 Å². The first-order valence-electron chi connectivity index (χ1n) is 10.8. The quantitative estimate of drug-likeness (QED) is 0.198. The van der Waals surface area contributed by atoms with Gasteiger partial charge in [0.05, 0.1) is 16.7 Å². The molecule has 0 aliphatic heterocycles. The molecular formula is C24H23FN8O3. The van der Waals surface area contributed by atoms with E-state index in [0.717, 1.165) is 11.1 Å². The van der Waals surface area contributed by atoms with E-state index in [2.05, 4.69) is 30.8 Å². The Labute approximate surface area is 205 Å². The third kappa shape index (κ3) is 5.60. The van der Waals surface area contributed by atoms with E-state index in [1.54, 1.807) is 49.3 Å². The predicted octanol–water partition coefficient (Wildman–Crippen LogP) is 5.05. The highest BCUT2D eigenvalue weighted by molar-refractivity contribution is 5.79. The minimum Gasteiger partial charge on any atom is -0.455 e. The summed E-state index contributed by atoms with van der Waals surface area (Å²) < 4.78 is 19.0. The van der Waals surface area contributed by atoms with Gasteiger partial charge in [0.1, 0.15) is 17.3 Å². The molecule has 184 valence electrons. The molecule has 0 unspecified atom stereocenters. The van der Waals surface area contributed by atoms with Crippen molar-refractivity contribution in [3.8, 4) is 11.3 Å². The SMILES string of the molecule is Cc1cc(-c2ccc(/C=N\Nc3nc(Nc4ccc(F)cc4)nc(N(C)C)n3)o2)c([N+](=O)[O-])cc1C. The molecule has 0 atom stereocenters. The lowest BCUT2D eigenvalue weighted by atomic mass is 10.0. The van der Waals surface area contributed by atoms with Crippen LogP contribution in [0.3, 0.4) is 0 Å². The van der Waals surface area contributed by atoms with Gasteiger partial charge in [0.15, 0.2) is 0 Å². The number of aryl methyl sites for hydroxylation is 2. The van der Waals surface area contributed by atoms with Gasteiger partial charge in [0, 0.05) is 25.8 Å². The number of halogens is 1. The Bertz CT molecular complexity index is 1430. The fourth-order valence-corrected chi connectivity index (χ4v) is 3.20. The van der Waals surface area contributed by atoms with Crippen LogP contribution in [-0.2, 0) is 0 Å². The molecule has 0 spiro atoms. The molecule has 36 heavy (non-hydrogen) atoms. The third-order valence-electron chi connectivity index (χ3n) is 5.18. The molecule has 0 saturated carbocycles. The topological polar surface area (TPSA) is 135 Å². The fraction of sp³-hybridized carbons (Fsp3) is 0.167. The maximum Gasteiger partial charge on any atom is 0.280 e. The molecule has 2 heterocycles. The van der Waals surface area contributed by atoms with Crippen LogP contribution in [0.15, 0.2) is 58.0 Å². The smallest absolute Gasteiger partial charge is 0.280 e. The van der Waals surface area contributed by atoms with Gasteiger partial charge in [-0.2, -0.15) is 20.1 Å². The summed E-state index contributed by atoms with van der Waals surface area (Å²) in [4.78, 5) is 25.7. The van der Waals surface area contributed by atoms with Crippen molar-refractivity contribution in [1.29, 1.82) is 0 Å². The predicted molar refractivity (Wildman–Crippen MR) is 135 cm³/mol. The summed E-state index contributed by atoms with van der Waals surface area (Å²) in [6.07, 6.45) is 1.41. The lowest BCUT2D eigenvalue weighted by molar-refractivity contribution is -0.384. The number of benzene rings is 2. The van der Waals surface area contributed by atoms with E-state index in [-0.39, 0.29) is 23.4 Å². The van der Waals surface area contributed by atoms with Crippen molar-refractivity contribution in [2.45, 2.75) is 13.8 Å². The van der Waals surface area contributed by atoms with Crippen molar-refractivity contribution < 1.29 is 13.7 Å². The Morgan fingerprint density at radius 2 is 1.72 bits per heavy atom. The van der Waals surface area contributed by atoms with E-state index in [1.165, 1.54) is 24.4 Å². The minimum absolute atomic E-state index is 0.0309. The number of rotatable bonds is 8. The van der Waals surface area contributed by atoms with Crippen LogP contribution in [0.2, 0.25) is 0 Å². The van der Waals surface area contributed by atoms with E-state index in [0.29, 0.717) is 28.7 Å². The summed E-state index contributed by atoms with van der Waals surface area (Å²) in [6.45, 7) is 3.70. The highest BCUT2D eigenvalue weighted by Crippen LogP contribution is 2.33. The fourth-order valence-electron chi connectivity index (χ4n) is 3.20. The Balaban J connectivity index is 1.53. The Hall–Kier alpha value is -4.87. The molecule has 0 saturated heterocycles. The van der Waals surface area contributed by atoms with E-state index >= 15 is 0 Å². The summed E-state index contributed by atoms with van der Waals surface area (Å²) in [5.41, 5.74) is 5.43. The van der Waals surface area contributed by atoms with E-state index in [9.17, 15) is 14.5 Å². The Kier molecular flexibility index (Phi) is 6.86. The van der Waals surface area contributed by atoms with Crippen LogP contribution in [0.5, 0.6) is 0 Å². The van der Waals surface area contributed by atoms with Crippen LogP contribution < -0.4 is 15.6 Å². The normalized spacial score (nSPS) is 11.0. The summed E-state index contributed by atoms with van der Waals surface area (Å²) in [6, 6.07) is 12.3. The molecule has 0 radical (unpaired) electrons. The number of nitro benzene ring substituents is 1. The molecule has 2 aromatic carbocycles. The molecule has 0 aliphatic rings. The van der Waals surface area contributed by atoms with Crippen LogP contribution in [-0.4, -0.2) is 40.2 Å². The molecule has 11 nitrogen and oxygen atoms in total. The number of hydrogen-bond acceptors (Lipinski definition) is 10. The zero-order valence-electron chi connectivity index (χ0n) is 20.0. The van der Waals surface area contributed by atoms with Crippen LogP contribution in [0.1, 0.15) is 16.9 Å². The monoisotopic (exact) mass is 490 g/mol. The molecule has 2 aromatic heterocycles. The van der Waals surface area contributed by atoms with Gasteiger partial charge >= 0.3 is 0 Å². The van der Waals surface area contributed by atoms with E-state index in [1.807, 2.05) is 13.8 Å². The van der Waals surface area contributed by atoms with Gasteiger partial charge < -0.3 is 14.6 Å². The van der Waals surface area contributed by atoms with Crippen LogP contribution in [0.25, 0.3) is 11.3 Å². The molecule has 4 rings (SSSR count). The lowest BCUT2D eigenvalue weighted by Gasteiger charge is -2.13.